The van der Waals surface area contributed by atoms with Gasteiger partial charge in [0.25, 0.3) is 0 Å². The van der Waals surface area contributed by atoms with Crippen LogP contribution in [0.4, 0.5) is 0 Å². The van der Waals surface area contributed by atoms with E-state index in [0.29, 0.717) is 46.6 Å². The van der Waals surface area contributed by atoms with Crippen LogP contribution in [0.15, 0.2) is 57.8 Å². The summed E-state index contributed by atoms with van der Waals surface area (Å²) in [4.78, 5) is 29.6. The molecular formula is C23H20N6O4. The van der Waals surface area contributed by atoms with Crippen molar-refractivity contribution in [2.45, 2.75) is 13.8 Å². The fraction of sp³-hybridized carbons (Fsp3) is 0.174. The van der Waals surface area contributed by atoms with Gasteiger partial charge in [0.05, 0.1) is 19.4 Å². The molecule has 10 nitrogen and oxygen atoms in total. The van der Waals surface area contributed by atoms with Crippen LogP contribution >= 0.6 is 0 Å². The highest BCUT2D eigenvalue weighted by Gasteiger charge is 2.22. The number of rotatable bonds is 6. The summed E-state index contributed by atoms with van der Waals surface area (Å²) < 4.78 is 17.6. The average molecular weight is 444 g/mol. The Bertz CT molecular complexity index is 1500. The number of para-hydroxylation sites is 2. The average Bonchev–Trinajstić information content (AvgIpc) is 3.41. The van der Waals surface area contributed by atoms with Gasteiger partial charge in [0.15, 0.2) is 11.5 Å². The molecule has 5 rings (SSSR count). The zero-order valence-corrected chi connectivity index (χ0v) is 18.2. The highest BCUT2D eigenvalue weighted by atomic mass is 16.5. The van der Waals surface area contributed by atoms with Crippen LogP contribution in [0.3, 0.4) is 0 Å². The molecule has 0 spiro atoms. The third kappa shape index (κ3) is 3.61. The molecule has 166 valence electrons. The lowest BCUT2D eigenvalue weighted by Crippen LogP contribution is -2.15. The molecule has 0 unspecified atom stereocenters. The van der Waals surface area contributed by atoms with Crippen LogP contribution < -0.4 is 15.2 Å². The standard InChI is InChI=1S/C23H20N6O4/c1-4-32-15-11-9-14(10-12-15)20-25-18(21-24-13(2)33-28-21)19-22(27-20)29(23(30)26-19)16-7-5-6-8-17(16)31-3/h5-12H,4H2,1-3H3,(H,26,30). The van der Waals surface area contributed by atoms with E-state index < -0.39 is 5.69 Å². The molecule has 0 bridgehead atoms. The quantitative estimate of drug-likeness (QED) is 0.422. The molecule has 0 fully saturated rings. The van der Waals surface area contributed by atoms with Crippen LogP contribution in [0, 0.1) is 6.92 Å². The molecule has 1 N–H and O–H groups in total. The number of methoxy groups -OCH3 is 1. The van der Waals surface area contributed by atoms with E-state index in [2.05, 4.69) is 20.1 Å². The molecule has 0 saturated heterocycles. The van der Waals surface area contributed by atoms with Gasteiger partial charge >= 0.3 is 5.69 Å². The van der Waals surface area contributed by atoms with Crippen LogP contribution in [0.25, 0.3) is 39.8 Å². The minimum absolute atomic E-state index is 0.250. The van der Waals surface area contributed by atoms with Crippen molar-refractivity contribution in [3.05, 3.63) is 64.9 Å². The zero-order valence-electron chi connectivity index (χ0n) is 18.2. The number of aromatic nitrogens is 6. The molecule has 0 radical (unpaired) electrons. The number of fused-ring (bicyclic) bond motifs is 1. The minimum Gasteiger partial charge on any atom is -0.495 e. The fourth-order valence-electron chi connectivity index (χ4n) is 3.58. The van der Waals surface area contributed by atoms with Gasteiger partial charge in [0.1, 0.15) is 22.7 Å². The van der Waals surface area contributed by atoms with Crippen LogP contribution in [-0.2, 0) is 0 Å². The van der Waals surface area contributed by atoms with Gasteiger partial charge in [-0.2, -0.15) is 4.98 Å². The molecule has 0 aliphatic carbocycles. The van der Waals surface area contributed by atoms with E-state index >= 15 is 0 Å². The van der Waals surface area contributed by atoms with Gasteiger partial charge in [-0.15, -0.1) is 0 Å². The van der Waals surface area contributed by atoms with E-state index in [-0.39, 0.29) is 5.82 Å². The number of nitrogens with zero attached hydrogens (tertiary/aromatic N) is 5. The maximum atomic E-state index is 13.1. The van der Waals surface area contributed by atoms with E-state index in [1.807, 2.05) is 43.3 Å². The van der Waals surface area contributed by atoms with Crippen molar-refractivity contribution in [1.82, 2.24) is 29.7 Å². The minimum atomic E-state index is -0.394. The topological polar surface area (TPSA) is 121 Å². The van der Waals surface area contributed by atoms with Gasteiger partial charge in [-0.1, -0.05) is 17.3 Å². The Hall–Kier alpha value is -4.47. The first-order valence-electron chi connectivity index (χ1n) is 10.3. The number of H-pyrrole nitrogens is 1. The molecular weight excluding hydrogens is 424 g/mol. The summed E-state index contributed by atoms with van der Waals surface area (Å²) in [6.45, 7) is 4.18. The molecule has 0 aliphatic heterocycles. The smallest absolute Gasteiger partial charge is 0.332 e. The summed E-state index contributed by atoms with van der Waals surface area (Å²) in [5.41, 5.74) is 1.99. The van der Waals surface area contributed by atoms with Gasteiger partial charge in [0, 0.05) is 12.5 Å². The van der Waals surface area contributed by atoms with Crippen LogP contribution in [0.1, 0.15) is 12.8 Å². The van der Waals surface area contributed by atoms with Gasteiger partial charge in [-0.3, -0.25) is 0 Å². The van der Waals surface area contributed by atoms with Gasteiger partial charge < -0.3 is 19.0 Å². The number of nitrogens with one attached hydrogen (secondary N) is 1. The first kappa shape index (κ1) is 20.4. The maximum Gasteiger partial charge on any atom is 0.332 e. The van der Waals surface area contributed by atoms with Crippen molar-refractivity contribution in [3.8, 4) is 40.1 Å². The van der Waals surface area contributed by atoms with E-state index in [4.69, 9.17) is 19.0 Å². The predicted molar refractivity (Wildman–Crippen MR) is 121 cm³/mol. The van der Waals surface area contributed by atoms with E-state index in [9.17, 15) is 4.79 Å². The van der Waals surface area contributed by atoms with E-state index in [1.165, 1.54) is 4.57 Å². The summed E-state index contributed by atoms with van der Waals surface area (Å²) >= 11 is 0. The second-order valence-corrected chi connectivity index (χ2v) is 7.13. The Morgan fingerprint density at radius 3 is 2.52 bits per heavy atom. The number of aryl methyl sites for hydroxylation is 1. The van der Waals surface area contributed by atoms with Crippen molar-refractivity contribution in [2.75, 3.05) is 13.7 Å². The molecule has 0 aliphatic rings. The lowest BCUT2D eigenvalue weighted by atomic mass is 10.2. The maximum absolute atomic E-state index is 13.1. The van der Waals surface area contributed by atoms with Crippen molar-refractivity contribution in [3.63, 3.8) is 0 Å². The lowest BCUT2D eigenvalue weighted by Gasteiger charge is -2.10. The monoisotopic (exact) mass is 444 g/mol. The third-order valence-corrected chi connectivity index (χ3v) is 5.03. The Balaban J connectivity index is 1.79. The zero-order chi connectivity index (χ0) is 22.9. The molecule has 3 heterocycles. The largest absolute Gasteiger partial charge is 0.495 e. The van der Waals surface area contributed by atoms with Crippen LogP contribution in [-0.4, -0.2) is 43.4 Å². The highest BCUT2D eigenvalue weighted by Crippen LogP contribution is 2.30. The number of benzene rings is 2. The molecule has 3 aromatic heterocycles. The number of hydrogen-bond donors (Lipinski definition) is 1. The van der Waals surface area contributed by atoms with Crippen molar-refractivity contribution in [2.24, 2.45) is 0 Å². The van der Waals surface area contributed by atoms with Crippen LogP contribution in [0.2, 0.25) is 0 Å². The molecule has 5 aromatic rings. The normalized spacial score (nSPS) is 11.1. The van der Waals surface area contributed by atoms with Gasteiger partial charge in [-0.05, 0) is 43.3 Å². The van der Waals surface area contributed by atoms with Crippen molar-refractivity contribution in [1.29, 1.82) is 0 Å². The van der Waals surface area contributed by atoms with E-state index in [1.54, 1.807) is 26.2 Å². The van der Waals surface area contributed by atoms with E-state index in [0.717, 1.165) is 11.3 Å². The predicted octanol–water partition coefficient (Wildman–Crippen LogP) is 3.54. The summed E-state index contributed by atoms with van der Waals surface area (Å²) in [6, 6.07) is 14.6. The van der Waals surface area contributed by atoms with Gasteiger partial charge in [-0.25, -0.2) is 19.3 Å². The SMILES string of the molecule is CCOc1ccc(-c2nc(-c3noc(C)n3)c3[nH]c(=O)n(-c4ccccc4OC)c3n2)cc1. The molecule has 0 saturated carbocycles. The second-order valence-electron chi connectivity index (χ2n) is 7.13. The fourth-order valence-corrected chi connectivity index (χ4v) is 3.58. The summed E-state index contributed by atoms with van der Waals surface area (Å²) in [5, 5.41) is 4.00. The highest BCUT2D eigenvalue weighted by molar-refractivity contribution is 5.88. The van der Waals surface area contributed by atoms with Gasteiger partial charge in [0.2, 0.25) is 11.7 Å². The van der Waals surface area contributed by atoms with Crippen molar-refractivity contribution >= 4 is 11.2 Å². The number of hydrogen-bond acceptors (Lipinski definition) is 8. The number of aromatic amines is 1. The molecule has 0 atom stereocenters. The Morgan fingerprint density at radius 2 is 1.82 bits per heavy atom. The second kappa shape index (κ2) is 8.23. The Morgan fingerprint density at radius 1 is 1.03 bits per heavy atom. The summed E-state index contributed by atoms with van der Waals surface area (Å²) in [7, 11) is 1.55. The summed E-state index contributed by atoms with van der Waals surface area (Å²) in [5.74, 6) is 2.29. The summed E-state index contributed by atoms with van der Waals surface area (Å²) in [6.07, 6.45) is 0. The van der Waals surface area contributed by atoms with Crippen LogP contribution in [0.5, 0.6) is 11.5 Å². The molecule has 10 heteroatoms. The number of ether oxygens (including phenoxy) is 2. The lowest BCUT2D eigenvalue weighted by molar-refractivity contribution is 0.340. The third-order valence-electron chi connectivity index (χ3n) is 5.03. The van der Waals surface area contributed by atoms with Crippen molar-refractivity contribution < 1.29 is 14.0 Å². The molecule has 2 aromatic carbocycles. The first-order valence-corrected chi connectivity index (χ1v) is 10.3. The first-order chi connectivity index (χ1) is 16.1. The molecule has 33 heavy (non-hydrogen) atoms. The number of imidazole rings is 1. The molecule has 0 amide bonds. The Labute approximate surface area is 187 Å². The Kier molecular flexibility index (Phi) is 5.09.